The Bertz CT molecular complexity index is 864. The molecule has 3 aliphatic carbocycles. The fourth-order valence-corrected chi connectivity index (χ4v) is 6.30. The Labute approximate surface area is 166 Å². The summed E-state index contributed by atoms with van der Waals surface area (Å²) in [4.78, 5) is 12.6. The number of urea groups is 1. The first-order valence-electron chi connectivity index (χ1n) is 10.2. The van der Waals surface area contributed by atoms with Crippen molar-refractivity contribution in [3.05, 3.63) is 28.3 Å². The van der Waals surface area contributed by atoms with Gasteiger partial charge < -0.3 is 15.4 Å². The van der Waals surface area contributed by atoms with Crippen molar-refractivity contribution in [2.45, 2.75) is 75.3 Å². The number of hydrogen-bond acceptors (Lipinski definition) is 5. The molecule has 0 radical (unpaired) electrons. The molecule has 0 aliphatic heterocycles. The average molecular weight is 406 g/mol. The van der Waals surface area contributed by atoms with Gasteiger partial charge in [-0.3, -0.25) is 0 Å². The van der Waals surface area contributed by atoms with E-state index < -0.39 is 27.9 Å². The molecular weight excluding hydrogens is 379 g/mol. The number of rotatable bonds is 7. The van der Waals surface area contributed by atoms with Crippen LogP contribution in [-0.2, 0) is 35.7 Å². The summed E-state index contributed by atoms with van der Waals surface area (Å²) in [5, 5.41) is 20.8. The third kappa shape index (κ3) is 3.67. The van der Waals surface area contributed by atoms with Crippen LogP contribution in [0.4, 0.5) is 10.5 Å². The number of sulfonamides is 1. The molecular formula is C19H27BN2O5S. The van der Waals surface area contributed by atoms with Crippen molar-refractivity contribution in [3.63, 3.8) is 0 Å². The fraction of sp³-hybridized carbons (Fsp3) is 0.632. The van der Waals surface area contributed by atoms with E-state index in [1.807, 2.05) is 0 Å². The van der Waals surface area contributed by atoms with Crippen molar-refractivity contribution in [2.75, 3.05) is 5.32 Å². The molecule has 7 nitrogen and oxygen atoms in total. The Balaban J connectivity index is 1.47. The zero-order valence-electron chi connectivity index (χ0n) is 16.0. The van der Waals surface area contributed by atoms with E-state index in [0.29, 0.717) is 25.7 Å². The number of amides is 2. The van der Waals surface area contributed by atoms with Crippen LogP contribution in [0.3, 0.4) is 0 Å². The zero-order valence-corrected chi connectivity index (χ0v) is 16.8. The van der Waals surface area contributed by atoms with Crippen LogP contribution in [0.1, 0.15) is 60.8 Å². The van der Waals surface area contributed by atoms with E-state index in [1.165, 1.54) is 11.1 Å². The van der Waals surface area contributed by atoms with Gasteiger partial charge in [0.25, 0.3) is 0 Å². The topological polar surface area (TPSA) is 116 Å². The van der Waals surface area contributed by atoms with Crippen LogP contribution in [0.25, 0.3) is 0 Å². The Morgan fingerprint density at radius 3 is 2.21 bits per heavy atom. The molecule has 4 N–H and O–H groups in total. The molecule has 1 aromatic rings. The molecule has 1 saturated carbocycles. The summed E-state index contributed by atoms with van der Waals surface area (Å²) < 4.78 is 26.8. The lowest BCUT2D eigenvalue weighted by Crippen LogP contribution is -2.42. The largest absolute Gasteiger partial charge is 0.451 e. The number of fused-ring (bicyclic) bond motifs is 2. The van der Waals surface area contributed by atoms with Crippen molar-refractivity contribution in [3.8, 4) is 0 Å². The summed E-state index contributed by atoms with van der Waals surface area (Å²) in [7, 11) is -5.25. The van der Waals surface area contributed by atoms with Crippen molar-refractivity contribution < 1.29 is 23.3 Å². The predicted octanol–water partition coefficient (Wildman–Crippen LogP) is 1.90. The average Bonchev–Trinajstić information content (AvgIpc) is 3.05. The van der Waals surface area contributed by atoms with Gasteiger partial charge in [-0.25, -0.2) is 17.9 Å². The number of aryl methyl sites for hydroxylation is 2. The van der Waals surface area contributed by atoms with Crippen LogP contribution >= 0.6 is 0 Å². The van der Waals surface area contributed by atoms with E-state index >= 15 is 0 Å². The maximum atomic E-state index is 12.8. The van der Waals surface area contributed by atoms with Gasteiger partial charge in [0.05, 0.1) is 4.75 Å². The smallest absolute Gasteiger partial charge is 0.427 e. The quantitative estimate of drug-likeness (QED) is 0.517. The number of hydrogen-bond donors (Lipinski definition) is 4. The molecule has 0 atom stereocenters. The van der Waals surface area contributed by atoms with Crippen LogP contribution in [0, 0.1) is 0 Å². The number of nitrogens with one attached hydrogen (secondary N) is 2. The summed E-state index contributed by atoms with van der Waals surface area (Å²) in [6.45, 7) is 0. The molecule has 1 aromatic carbocycles. The van der Waals surface area contributed by atoms with Gasteiger partial charge >= 0.3 is 13.1 Å². The molecule has 0 aromatic heterocycles. The van der Waals surface area contributed by atoms with Crippen LogP contribution < -0.4 is 10.0 Å². The van der Waals surface area contributed by atoms with E-state index in [4.69, 9.17) is 10.0 Å². The normalized spacial score (nSPS) is 19.1. The van der Waals surface area contributed by atoms with Gasteiger partial charge in [-0.05, 0) is 86.4 Å². The highest BCUT2D eigenvalue weighted by Crippen LogP contribution is 2.47. The van der Waals surface area contributed by atoms with Gasteiger partial charge in [0.2, 0.25) is 10.0 Å². The Morgan fingerprint density at radius 1 is 1.07 bits per heavy atom. The third-order valence-corrected chi connectivity index (χ3v) is 8.62. The van der Waals surface area contributed by atoms with E-state index in [1.54, 1.807) is 0 Å². The van der Waals surface area contributed by atoms with Crippen LogP contribution in [0.5, 0.6) is 0 Å². The number of benzene rings is 1. The lowest BCUT2D eigenvalue weighted by Gasteiger charge is -2.19. The lowest BCUT2D eigenvalue weighted by atomic mass is 9.83. The van der Waals surface area contributed by atoms with E-state index in [2.05, 4.69) is 16.1 Å². The van der Waals surface area contributed by atoms with Gasteiger partial charge in [-0.15, -0.1) is 0 Å². The molecule has 0 heterocycles. The monoisotopic (exact) mass is 406 g/mol. The predicted molar refractivity (Wildman–Crippen MR) is 108 cm³/mol. The molecule has 28 heavy (non-hydrogen) atoms. The van der Waals surface area contributed by atoms with Gasteiger partial charge in [-0.1, -0.05) is 12.5 Å². The van der Waals surface area contributed by atoms with Crippen LogP contribution in [0.2, 0.25) is 6.32 Å². The standard InChI is InChI=1S/C19H27BN2O5S/c23-18(22-28(26,27)19(9-10-19)8-3-11-20(24)25)21-17-15-6-1-4-13(15)12-14-5-2-7-16(14)17/h12,24-25H,1-11H2,(H2,21,22,23). The Hall–Kier alpha value is -1.58. The number of carbonyl (C=O) groups excluding carboxylic acids is 1. The lowest BCUT2D eigenvalue weighted by molar-refractivity contribution is 0.256. The molecule has 1 fully saturated rings. The van der Waals surface area contributed by atoms with Gasteiger partial charge in [0.1, 0.15) is 0 Å². The van der Waals surface area contributed by atoms with Gasteiger partial charge in [-0.2, -0.15) is 0 Å². The maximum Gasteiger partial charge on any atom is 0.451 e. The molecule has 0 saturated heterocycles. The highest BCUT2D eigenvalue weighted by Gasteiger charge is 2.54. The van der Waals surface area contributed by atoms with Crippen molar-refractivity contribution in [2.24, 2.45) is 0 Å². The molecule has 0 spiro atoms. The Kier molecular flexibility index (Phi) is 5.18. The van der Waals surface area contributed by atoms with Gasteiger partial charge in [0, 0.05) is 5.69 Å². The highest BCUT2D eigenvalue weighted by atomic mass is 32.2. The molecule has 2 amide bonds. The third-order valence-electron chi connectivity index (χ3n) is 6.41. The fourth-order valence-electron chi connectivity index (χ4n) is 4.74. The minimum Gasteiger partial charge on any atom is -0.427 e. The molecule has 0 bridgehead atoms. The summed E-state index contributed by atoms with van der Waals surface area (Å²) in [5.74, 6) is 0. The zero-order chi connectivity index (χ0) is 19.9. The molecule has 3 aliphatic rings. The minimum atomic E-state index is -3.82. The van der Waals surface area contributed by atoms with Crippen molar-refractivity contribution in [1.82, 2.24) is 4.72 Å². The summed E-state index contributed by atoms with van der Waals surface area (Å²) in [5.41, 5.74) is 5.70. The van der Waals surface area contributed by atoms with Crippen LogP contribution in [0.15, 0.2) is 6.07 Å². The Morgan fingerprint density at radius 2 is 1.68 bits per heavy atom. The van der Waals surface area contributed by atoms with E-state index in [9.17, 15) is 13.2 Å². The second-order valence-corrected chi connectivity index (χ2v) is 10.4. The summed E-state index contributed by atoms with van der Waals surface area (Å²) >= 11 is 0. The van der Waals surface area contributed by atoms with Crippen molar-refractivity contribution >= 4 is 28.9 Å². The summed E-state index contributed by atoms with van der Waals surface area (Å²) in [6.07, 6.45) is 7.81. The first-order chi connectivity index (χ1) is 13.3. The molecule has 4 rings (SSSR count). The first kappa shape index (κ1) is 19.7. The highest BCUT2D eigenvalue weighted by molar-refractivity contribution is 7.91. The number of anilines is 1. The first-order valence-corrected chi connectivity index (χ1v) is 11.7. The second kappa shape index (κ2) is 7.35. The van der Waals surface area contributed by atoms with E-state index in [0.717, 1.165) is 55.3 Å². The van der Waals surface area contributed by atoms with Crippen molar-refractivity contribution in [1.29, 1.82) is 0 Å². The summed E-state index contributed by atoms with van der Waals surface area (Å²) in [6, 6.07) is 1.57. The molecule has 9 heteroatoms. The van der Waals surface area contributed by atoms with E-state index in [-0.39, 0.29) is 6.32 Å². The van der Waals surface area contributed by atoms with Crippen LogP contribution in [-0.4, -0.2) is 36.4 Å². The number of carbonyl (C=O) groups is 1. The molecule has 152 valence electrons. The minimum absolute atomic E-state index is 0.131. The SMILES string of the molecule is O=C(Nc1c2c(cc3c1CCC3)CCC2)NS(=O)(=O)C1(CCCB(O)O)CC1. The maximum absolute atomic E-state index is 12.8. The van der Waals surface area contributed by atoms with Gasteiger partial charge in [0.15, 0.2) is 0 Å². The second-order valence-electron chi connectivity index (χ2n) is 8.35. The molecule has 0 unspecified atom stereocenters.